The van der Waals surface area contributed by atoms with Crippen molar-refractivity contribution in [2.45, 2.75) is 33.7 Å². The molecule has 0 bridgehead atoms. The first-order valence-electron chi connectivity index (χ1n) is 8.78. The van der Waals surface area contributed by atoms with E-state index in [1.165, 1.54) is 18.3 Å². The van der Waals surface area contributed by atoms with Gasteiger partial charge in [-0.1, -0.05) is 25.4 Å². The minimum Gasteiger partial charge on any atom is -0.471 e. The zero-order valence-electron chi connectivity index (χ0n) is 16.1. The van der Waals surface area contributed by atoms with E-state index in [0.29, 0.717) is 22.6 Å². The Kier molecular flexibility index (Phi) is 7.83. The SMILES string of the molecule is Cc1cc(C(=O)NCc2cnc(OCC(F)F)c(Cl)c2)cc(NC(=O)C(C)C)n1. The number of hydrogen-bond acceptors (Lipinski definition) is 5. The quantitative estimate of drug-likeness (QED) is 0.672. The molecule has 0 saturated carbocycles. The van der Waals surface area contributed by atoms with Gasteiger partial charge in [-0.25, -0.2) is 18.7 Å². The molecular weight excluding hydrogens is 406 g/mol. The second kappa shape index (κ2) is 10.1. The summed E-state index contributed by atoms with van der Waals surface area (Å²) in [6, 6.07) is 4.55. The van der Waals surface area contributed by atoms with Crippen LogP contribution >= 0.6 is 11.6 Å². The van der Waals surface area contributed by atoms with Crippen LogP contribution in [-0.2, 0) is 11.3 Å². The molecule has 0 fully saturated rings. The first kappa shape index (κ1) is 22.5. The van der Waals surface area contributed by atoms with Crippen LogP contribution in [0.25, 0.3) is 0 Å². The molecule has 2 aromatic rings. The first-order valence-corrected chi connectivity index (χ1v) is 9.16. The zero-order chi connectivity index (χ0) is 21.6. The van der Waals surface area contributed by atoms with Crippen LogP contribution in [0.15, 0.2) is 24.4 Å². The number of anilines is 1. The van der Waals surface area contributed by atoms with Crippen LogP contribution in [0.4, 0.5) is 14.6 Å². The number of pyridine rings is 2. The predicted octanol–water partition coefficient (Wildman–Crippen LogP) is 3.61. The van der Waals surface area contributed by atoms with Crippen molar-refractivity contribution in [3.8, 4) is 5.88 Å². The number of halogens is 3. The summed E-state index contributed by atoms with van der Waals surface area (Å²) >= 11 is 5.97. The van der Waals surface area contributed by atoms with Crippen molar-refractivity contribution in [1.29, 1.82) is 0 Å². The summed E-state index contributed by atoms with van der Waals surface area (Å²) in [5.74, 6) is -0.620. The Hall–Kier alpha value is -2.81. The fraction of sp³-hybridized carbons (Fsp3) is 0.368. The van der Waals surface area contributed by atoms with E-state index in [-0.39, 0.29) is 35.2 Å². The van der Waals surface area contributed by atoms with Crippen molar-refractivity contribution in [3.05, 3.63) is 46.2 Å². The number of amides is 2. The van der Waals surface area contributed by atoms with Gasteiger partial charge in [0.25, 0.3) is 12.3 Å². The van der Waals surface area contributed by atoms with Crippen molar-refractivity contribution in [3.63, 3.8) is 0 Å². The molecule has 0 aliphatic carbocycles. The highest BCUT2D eigenvalue weighted by molar-refractivity contribution is 6.31. The predicted molar refractivity (Wildman–Crippen MR) is 104 cm³/mol. The van der Waals surface area contributed by atoms with Gasteiger partial charge in [-0.15, -0.1) is 0 Å². The molecule has 0 unspecified atom stereocenters. The van der Waals surface area contributed by atoms with E-state index in [0.717, 1.165) is 0 Å². The molecule has 156 valence electrons. The fourth-order valence-corrected chi connectivity index (χ4v) is 2.47. The Morgan fingerprint density at radius 3 is 2.59 bits per heavy atom. The van der Waals surface area contributed by atoms with Gasteiger partial charge in [0.2, 0.25) is 11.8 Å². The minimum atomic E-state index is -2.63. The van der Waals surface area contributed by atoms with E-state index in [1.807, 2.05) is 0 Å². The lowest BCUT2D eigenvalue weighted by Gasteiger charge is -2.11. The third-order valence-corrected chi connectivity index (χ3v) is 3.93. The van der Waals surface area contributed by atoms with Crippen molar-refractivity contribution in [2.24, 2.45) is 5.92 Å². The van der Waals surface area contributed by atoms with Gasteiger partial charge in [-0.2, -0.15) is 0 Å². The van der Waals surface area contributed by atoms with Gasteiger partial charge in [-0.05, 0) is 30.7 Å². The summed E-state index contributed by atoms with van der Waals surface area (Å²) in [6.07, 6.45) is -1.26. The summed E-state index contributed by atoms with van der Waals surface area (Å²) in [6.45, 7) is 4.52. The average molecular weight is 427 g/mol. The number of aryl methyl sites for hydroxylation is 1. The first-order chi connectivity index (χ1) is 13.7. The summed E-state index contributed by atoms with van der Waals surface area (Å²) in [4.78, 5) is 32.4. The monoisotopic (exact) mass is 426 g/mol. The normalized spacial score (nSPS) is 10.9. The van der Waals surface area contributed by atoms with Crippen LogP contribution in [0.2, 0.25) is 5.02 Å². The number of hydrogen-bond donors (Lipinski definition) is 2. The van der Waals surface area contributed by atoms with E-state index in [9.17, 15) is 18.4 Å². The topological polar surface area (TPSA) is 93.2 Å². The average Bonchev–Trinajstić information content (AvgIpc) is 2.64. The molecule has 7 nitrogen and oxygen atoms in total. The molecule has 0 atom stereocenters. The molecule has 0 spiro atoms. The van der Waals surface area contributed by atoms with Crippen LogP contribution in [0.5, 0.6) is 5.88 Å². The Morgan fingerprint density at radius 2 is 1.97 bits per heavy atom. The third kappa shape index (κ3) is 6.94. The van der Waals surface area contributed by atoms with Gasteiger partial charge in [0.1, 0.15) is 10.8 Å². The molecule has 0 radical (unpaired) electrons. The van der Waals surface area contributed by atoms with Crippen molar-refractivity contribution < 1.29 is 23.1 Å². The summed E-state index contributed by atoms with van der Waals surface area (Å²) in [5.41, 5.74) is 1.46. The Balaban J connectivity index is 2.02. The lowest BCUT2D eigenvalue weighted by atomic mass is 10.2. The maximum Gasteiger partial charge on any atom is 0.272 e. The largest absolute Gasteiger partial charge is 0.471 e. The molecule has 2 amide bonds. The minimum absolute atomic E-state index is 0.0656. The zero-order valence-corrected chi connectivity index (χ0v) is 16.9. The molecule has 10 heteroatoms. The highest BCUT2D eigenvalue weighted by Crippen LogP contribution is 2.23. The standard InChI is InChI=1S/C19H21ClF2N4O3/c1-10(2)17(27)26-16-6-13(4-11(3)25-16)18(28)23-7-12-5-14(20)19(24-8-12)29-9-15(21)22/h4-6,8,10,15H,7,9H2,1-3H3,(H,23,28)(H,25,26,27). The number of aromatic nitrogens is 2. The van der Waals surface area contributed by atoms with E-state index < -0.39 is 13.0 Å². The Labute approximate surface area is 171 Å². The van der Waals surface area contributed by atoms with Crippen molar-refractivity contribution in [1.82, 2.24) is 15.3 Å². The number of nitrogens with zero attached hydrogens (tertiary/aromatic N) is 2. The maximum atomic E-state index is 12.5. The molecular formula is C19H21ClF2N4O3. The smallest absolute Gasteiger partial charge is 0.272 e. The van der Waals surface area contributed by atoms with Gasteiger partial charge in [0.15, 0.2) is 6.61 Å². The molecule has 29 heavy (non-hydrogen) atoms. The highest BCUT2D eigenvalue weighted by atomic mass is 35.5. The second-order valence-electron chi connectivity index (χ2n) is 6.54. The van der Waals surface area contributed by atoms with Gasteiger partial charge in [0.05, 0.1) is 0 Å². The van der Waals surface area contributed by atoms with E-state index in [1.54, 1.807) is 26.8 Å². The number of alkyl halides is 2. The summed E-state index contributed by atoms with van der Waals surface area (Å²) < 4.78 is 29.2. The van der Waals surface area contributed by atoms with Crippen LogP contribution in [0.1, 0.15) is 35.5 Å². The molecule has 2 aromatic heterocycles. The molecule has 0 aliphatic rings. The van der Waals surface area contributed by atoms with E-state index >= 15 is 0 Å². The van der Waals surface area contributed by atoms with Crippen molar-refractivity contribution in [2.75, 3.05) is 11.9 Å². The molecule has 0 aromatic carbocycles. The van der Waals surface area contributed by atoms with E-state index in [2.05, 4.69) is 20.6 Å². The number of rotatable bonds is 8. The van der Waals surface area contributed by atoms with Gasteiger partial charge in [-0.3, -0.25) is 9.59 Å². The maximum absolute atomic E-state index is 12.5. The van der Waals surface area contributed by atoms with Crippen LogP contribution in [-0.4, -0.2) is 34.8 Å². The summed E-state index contributed by atoms with van der Waals surface area (Å²) in [5, 5.41) is 5.43. The molecule has 2 heterocycles. The van der Waals surface area contributed by atoms with Crippen LogP contribution in [0, 0.1) is 12.8 Å². The number of nitrogens with one attached hydrogen (secondary N) is 2. The lowest BCUT2D eigenvalue weighted by molar-refractivity contribution is -0.118. The lowest BCUT2D eigenvalue weighted by Crippen LogP contribution is -2.24. The third-order valence-electron chi connectivity index (χ3n) is 3.65. The Morgan fingerprint density at radius 1 is 1.24 bits per heavy atom. The van der Waals surface area contributed by atoms with Gasteiger partial charge >= 0.3 is 0 Å². The van der Waals surface area contributed by atoms with Crippen LogP contribution < -0.4 is 15.4 Å². The van der Waals surface area contributed by atoms with Crippen LogP contribution in [0.3, 0.4) is 0 Å². The summed E-state index contributed by atoms with van der Waals surface area (Å²) in [7, 11) is 0. The fourth-order valence-electron chi connectivity index (χ4n) is 2.23. The highest BCUT2D eigenvalue weighted by Gasteiger charge is 2.13. The van der Waals surface area contributed by atoms with Gasteiger partial charge in [0, 0.05) is 29.9 Å². The van der Waals surface area contributed by atoms with E-state index in [4.69, 9.17) is 16.3 Å². The number of carbonyl (C=O) groups is 2. The molecule has 0 aliphatic heterocycles. The molecule has 2 rings (SSSR count). The number of ether oxygens (including phenoxy) is 1. The molecule has 0 saturated heterocycles. The van der Waals surface area contributed by atoms with Gasteiger partial charge < -0.3 is 15.4 Å². The van der Waals surface area contributed by atoms with Crippen molar-refractivity contribution >= 4 is 29.2 Å². The number of carbonyl (C=O) groups excluding carboxylic acids is 2. The molecule has 2 N–H and O–H groups in total. The second-order valence-corrected chi connectivity index (χ2v) is 6.95. The Bertz CT molecular complexity index is 894.